The molecule has 0 aromatic carbocycles. The van der Waals surface area contributed by atoms with Gasteiger partial charge in [-0.3, -0.25) is 19.2 Å². The summed E-state index contributed by atoms with van der Waals surface area (Å²) in [5.41, 5.74) is -1.62. The van der Waals surface area contributed by atoms with Crippen LogP contribution in [0.15, 0.2) is 0 Å². The van der Waals surface area contributed by atoms with E-state index >= 15 is 0 Å². The Labute approximate surface area is 199 Å². The molecule has 8 aliphatic rings. The second kappa shape index (κ2) is 7.69. The Morgan fingerprint density at radius 3 is 1.15 bits per heavy atom. The van der Waals surface area contributed by atoms with E-state index in [2.05, 4.69) is 0 Å². The summed E-state index contributed by atoms with van der Waals surface area (Å²) in [4.78, 5) is 45.0. The Balaban J connectivity index is 0.000000142. The van der Waals surface area contributed by atoms with Crippen molar-refractivity contribution in [3.05, 3.63) is 0 Å². The van der Waals surface area contributed by atoms with Crippen LogP contribution in [0.4, 0.5) is 0 Å². The zero-order valence-corrected chi connectivity index (χ0v) is 19.6. The van der Waals surface area contributed by atoms with Crippen LogP contribution < -0.4 is 0 Å². The molecule has 8 heteroatoms. The minimum absolute atomic E-state index is 0.0919. The van der Waals surface area contributed by atoms with Gasteiger partial charge in [0.2, 0.25) is 0 Å². The third kappa shape index (κ3) is 3.91. The highest BCUT2D eigenvalue weighted by atomic mass is 16.4. The molecule has 8 bridgehead atoms. The second-order valence-electron chi connectivity index (χ2n) is 13.2. The summed E-state index contributed by atoms with van der Waals surface area (Å²) in [6, 6.07) is 0. The molecule has 34 heavy (non-hydrogen) atoms. The van der Waals surface area contributed by atoms with Crippen molar-refractivity contribution < 1.29 is 39.6 Å². The van der Waals surface area contributed by atoms with E-state index in [9.17, 15) is 29.4 Å². The Hall–Kier alpha value is -2.12. The van der Waals surface area contributed by atoms with Crippen molar-refractivity contribution in [3.63, 3.8) is 0 Å². The van der Waals surface area contributed by atoms with E-state index < -0.39 is 34.7 Å². The van der Waals surface area contributed by atoms with E-state index in [1.165, 1.54) is 6.42 Å². The van der Waals surface area contributed by atoms with Crippen LogP contribution in [-0.4, -0.2) is 44.3 Å². The molecule has 0 aliphatic heterocycles. The predicted molar refractivity (Wildman–Crippen MR) is 119 cm³/mol. The molecule has 0 aromatic heterocycles. The first kappa shape index (κ1) is 23.6. The van der Waals surface area contributed by atoms with Crippen molar-refractivity contribution in [1.29, 1.82) is 0 Å². The molecule has 0 atom stereocenters. The van der Waals surface area contributed by atoms with Crippen LogP contribution in [0, 0.1) is 45.3 Å². The maximum atomic E-state index is 11.4. The molecule has 0 amide bonds. The largest absolute Gasteiger partial charge is 0.481 e. The molecule has 8 rings (SSSR count). The van der Waals surface area contributed by atoms with Crippen LogP contribution in [0.5, 0.6) is 0 Å². The van der Waals surface area contributed by atoms with Gasteiger partial charge >= 0.3 is 23.9 Å². The highest BCUT2D eigenvalue weighted by molar-refractivity contribution is 5.81. The third-order valence-electron chi connectivity index (χ3n) is 10.3. The molecule has 0 heterocycles. The number of carboxylic acids is 4. The molecule has 0 unspecified atom stereocenters. The summed E-state index contributed by atoms with van der Waals surface area (Å²) in [7, 11) is 0. The molecule has 0 aromatic rings. The fourth-order valence-electron chi connectivity index (χ4n) is 10.5. The van der Waals surface area contributed by atoms with Gasteiger partial charge in [0.1, 0.15) is 0 Å². The van der Waals surface area contributed by atoms with Gasteiger partial charge in [0.05, 0.1) is 23.7 Å². The molecular weight excluding hydrogens is 440 g/mol. The fraction of sp³-hybridized carbons (Fsp3) is 0.846. The number of carboxylic acid groups (broad SMARTS) is 4. The molecule has 0 saturated heterocycles. The third-order valence-corrected chi connectivity index (χ3v) is 10.3. The quantitative estimate of drug-likeness (QED) is 0.444. The maximum Gasteiger partial charge on any atom is 0.309 e. The van der Waals surface area contributed by atoms with Crippen molar-refractivity contribution in [2.45, 2.75) is 89.9 Å². The summed E-state index contributed by atoms with van der Waals surface area (Å²) < 4.78 is 0. The van der Waals surface area contributed by atoms with Crippen LogP contribution in [0.2, 0.25) is 0 Å². The van der Waals surface area contributed by atoms with Crippen LogP contribution >= 0.6 is 0 Å². The highest BCUT2D eigenvalue weighted by Crippen LogP contribution is 2.67. The standard InChI is InChI=1S/C14H20O4.C12H16O4/c15-11(16)6-13-2-9-1-10(4-13)5-14(3-9,8-13)7-12(17)18;13-9(14)11-2-7-1-8(4-11)5-12(3-7,6-11)10(15)16/h9-10H,1-8H2,(H,15,16)(H,17,18);7-8H,1-6H2,(H,13,14)(H,15,16). The number of rotatable bonds is 6. The van der Waals surface area contributed by atoms with Gasteiger partial charge < -0.3 is 20.4 Å². The van der Waals surface area contributed by atoms with Crippen molar-refractivity contribution >= 4 is 23.9 Å². The fourth-order valence-corrected chi connectivity index (χ4v) is 10.5. The SMILES string of the molecule is O=C(O)C12CC3CC(C1)CC(C(=O)O)(C3)C2.O=C(O)CC12CC3CC(C1)CC(CC(=O)O)(C3)C2. The average Bonchev–Trinajstić information content (AvgIpc) is 2.64. The molecule has 0 spiro atoms. The van der Waals surface area contributed by atoms with E-state index in [4.69, 9.17) is 10.2 Å². The molecule has 8 saturated carbocycles. The van der Waals surface area contributed by atoms with Gasteiger partial charge in [-0.15, -0.1) is 0 Å². The summed E-state index contributed by atoms with van der Waals surface area (Å²) in [6.07, 6.45) is 10.8. The van der Waals surface area contributed by atoms with E-state index in [0.717, 1.165) is 38.5 Å². The highest BCUT2D eigenvalue weighted by Gasteiger charge is 2.63. The Morgan fingerprint density at radius 2 is 0.853 bits per heavy atom. The zero-order valence-electron chi connectivity index (χ0n) is 19.6. The topological polar surface area (TPSA) is 149 Å². The van der Waals surface area contributed by atoms with Crippen LogP contribution in [0.1, 0.15) is 89.9 Å². The van der Waals surface area contributed by atoms with Crippen molar-refractivity contribution in [2.24, 2.45) is 45.3 Å². The first-order chi connectivity index (χ1) is 15.9. The van der Waals surface area contributed by atoms with Crippen molar-refractivity contribution in [1.82, 2.24) is 0 Å². The average molecular weight is 477 g/mol. The smallest absolute Gasteiger partial charge is 0.309 e. The lowest BCUT2D eigenvalue weighted by Gasteiger charge is -2.61. The van der Waals surface area contributed by atoms with Crippen LogP contribution in [0.25, 0.3) is 0 Å². The van der Waals surface area contributed by atoms with Gasteiger partial charge in [0.15, 0.2) is 0 Å². The first-order valence-electron chi connectivity index (χ1n) is 12.8. The molecule has 8 nitrogen and oxygen atoms in total. The molecule has 8 aliphatic carbocycles. The molecular formula is C26H36O8. The zero-order chi connectivity index (χ0) is 24.5. The molecule has 8 fully saturated rings. The minimum Gasteiger partial charge on any atom is -0.481 e. The number of hydrogen-bond acceptors (Lipinski definition) is 4. The lowest BCUT2D eigenvalue weighted by Crippen LogP contribution is -2.57. The summed E-state index contributed by atoms with van der Waals surface area (Å²) in [6.45, 7) is 0. The van der Waals surface area contributed by atoms with Crippen molar-refractivity contribution in [3.8, 4) is 0 Å². The predicted octanol–water partition coefficient (Wildman–Crippen LogP) is 4.26. The Bertz CT molecular complexity index is 828. The van der Waals surface area contributed by atoms with E-state index in [1.807, 2.05) is 0 Å². The Morgan fingerprint density at radius 1 is 0.529 bits per heavy atom. The van der Waals surface area contributed by atoms with E-state index in [-0.39, 0.29) is 23.7 Å². The number of hydrogen-bond donors (Lipinski definition) is 4. The van der Waals surface area contributed by atoms with Gasteiger partial charge in [-0.05, 0) is 112 Å². The summed E-state index contributed by atoms with van der Waals surface area (Å²) >= 11 is 0. The Kier molecular flexibility index (Phi) is 5.34. The molecule has 0 radical (unpaired) electrons. The van der Waals surface area contributed by atoms with Crippen molar-refractivity contribution in [2.75, 3.05) is 0 Å². The van der Waals surface area contributed by atoms with E-state index in [1.54, 1.807) is 0 Å². The summed E-state index contributed by atoms with van der Waals surface area (Å²) in [5, 5.41) is 37.0. The number of carbonyl (C=O) groups is 4. The van der Waals surface area contributed by atoms with Gasteiger partial charge in [-0.1, -0.05) is 0 Å². The number of aliphatic carboxylic acids is 4. The van der Waals surface area contributed by atoms with E-state index in [0.29, 0.717) is 55.8 Å². The second-order valence-corrected chi connectivity index (χ2v) is 13.2. The van der Waals surface area contributed by atoms with Gasteiger partial charge in [-0.25, -0.2) is 0 Å². The van der Waals surface area contributed by atoms with Crippen LogP contribution in [0.3, 0.4) is 0 Å². The van der Waals surface area contributed by atoms with Gasteiger partial charge in [0.25, 0.3) is 0 Å². The normalized spacial score (nSPS) is 47.1. The summed E-state index contributed by atoms with van der Waals surface area (Å²) in [5.74, 6) is -1.18. The molecule has 4 N–H and O–H groups in total. The molecule has 188 valence electrons. The minimum atomic E-state index is -0.771. The first-order valence-corrected chi connectivity index (χ1v) is 12.8. The van der Waals surface area contributed by atoms with Crippen LogP contribution in [-0.2, 0) is 19.2 Å². The lowest BCUT2D eigenvalue weighted by atomic mass is 9.43. The van der Waals surface area contributed by atoms with Gasteiger partial charge in [-0.2, -0.15) is 0 Å². The van der Waals surface area contributed by atoms with Gasteiger partial charge in [0, 0.05) is 0 Å². The monoisotopic (exact) mass is 476 g/mol. The lowest BCUT2D eigenvalue weighted by molar-refractivity contribution is -0.187. The maximum absolute atomic E-state index is 11.4.